The summed E-state index contributed by atoms with van der Waals surface area (Å²) in [5.41, 5.74) is 1.69. The van der Waals surface area contributed by atoms with Crippen LogP contribution in [0.15, 0.2) is 33.7 Å². The molecule has 1 aromatic heterocycles. The van der Waals surface area contributed by atoms with Gasteiger partial charge >= 0.3 is 0 Å². The summed E-state index contributed by atoms with van der Waals surface area (Å²) in [6.07, 6.45) is 1.60. The molecule has 18 heavy (non-hydrogen) atoms. The Labute approximate surface area is 108 Å². The quantitative estimate of drug-likeness (QED) is 0.639. The molecule has 0 bridgehead atoms. The first-order valence-corrected chi connectivity index (χ1v) is 6.16. The lowest BCUT2D eigenvalue weighted by molar-refractivity contribution is 0.403. The van der Waals surface area contributed by atoms with Crippen LogP contribution in [-0.4, -0.2) is 28.2 Å². The number of aryl methyl sites for hydroxylation is 1. The van der Waals surface area contributed by atoms with E-state index in [1.54, 1.807) is 24.0 Å². The maximum Gasteiger partial charge on any atom is 0.205 e. The number of aromatic hydroxyl groups is 2. The maximum atomic E-state index is 9.38. The first-order valence-electron chi connectivity index (χ1n) is 5.28. The monoisotopic (exact) mass is 263 g/mol. The van der Waals surface area contributed by atoms with Gasteiger partial charge in [-0.15, -0.1) is 11.3 Å². The molecule has 2 rings (SSSR count). The number of hydrogen-bond donors (Lipinski definition) is 2. The summed E-state index contributed by atoms with van der Waals surface area (Å²) < 4.78 is 1.72. The molecule has 1 heterocycles. The second kappa shape index (κ2) is 5.05. The fraction of sp³-hybridized carbons (Fsp3) is 0.167. The molecule has 6 heteroatoms. The number of thiazole rings is 1. The van der Waals surface area contributed by atoms with Crippen LogP contribution in [0.5, 0.6) is 11.5 Å². The lowest BCUT2D eigenvalue weighted by atomic mass is 10.2. The van der Waals surface area contributed by atoms with E-state index in [9.17, 15) is 10.2 Å². The van der Waals surface area contributed by atoms with Crippen molar-refractivity contribution < 1.29 is 10.2 Å². The van der Waals surface area contributed by atoms with Gasteiger partial charge < -0.3 is 10.2 Å². The maximum absolute atomic E-state index is 9.38. The Bertz CT molecular complexity index is 656. The van der Waals surface area contributed by atoms with Gasteiger partial charge in [0.05, 0.1) is 11.9 Å². The molecule has 0 atom stereocenters. The molecule has 0 fully saturated rings. The first kappa shape index (κ1) is 12.4. The summed E-state index contributed by atoms with van der Waals surface area (Å²) in [5.74, 6) is -0.304. The molecule has 0 aliphatic heterocycles. The Kier molecular flexibility index (Phi) is 3.47. The Morgan fingerprint density at radius 2 is 2.06 bits per heavy atom. The average Bonchev–Trinajstić information content (AvgIpc) is 2.71. The third-order valence-corrected chi connectivity index (χ3v) is 3.39. The highest BCUT2D eigenvalue weighted by Gasteiger charge is 2.00. The summed E-state index contributed by atoms with van der Waals surface area (Å²) >= 11 is 1.51. The van der Waals surface area contributed by atoms with E-state index in [1.165, 1.54) is 23.5 Å². The van der Waals surface area contributed by atoms with E-state index in [-0.39, 0.29) is 11.5 Å². The summed E-state index contributed by atoms with van der Waals surface area (Å²) in [4.78, 5) is 4.91. The smallest absolute Gasteiger partial charge is 0.205 e. The van der Waals surface area contributed by atoms with Crippen LogP contribution in [0.3, 0.4) is 0 Å². The van der Waals surface area contributed by atoms with Crippen molar-refractivity contribution in [2.75, 3.05) is 7.05 Å². The molecule has 0 saturated carbocycles. The highest BCUT2D eigenvalue weighted by Crippen LogP contribution is 2.23. The van der Waals surface area contributed by atoms with Gasteiger partial charge in [-0.3, -0.25) is 4.99 Å². The molecule has 0 radical (unpaired) electrons. The molecule has 0 aliphatic carbocycles. The highest BCUT2D eigenvalue weighted by atomic mass is 32.1. The van der Waals surface area contributed by atoms with Crippen molar-refractivity contribution in [1.29, 1.82) is 0 Å². The fourth-order valence-corrected chi connectivity index (χ4v) is 2.19. The summed E-state index contributed by atoms with van der Waals surface area (Å²) in [5, 5.41) is 24.8. The van der Waals surface area contributed by atoms with Crippen molar-refractivity contribution in [3.8, 4) is 11.5 Å². The van der Waals surface area contributed by atoms with E-state index in [0.717, 1.165) is 10.5 Å². The molecule has 0 saturated heterocycles. The molecule has 0 amide bonds. The van der Waals surface area contributed by atoms with Crippen LogP contribution in [0.25, 0.3) is 0 Å². The molecule has 5 nitrogen and oxygen atoms in total. The summed E-state index contributed by atoms with van der Waals surface area (Å²) in [6.45, 7) is 1.94. The van der Waals surface area contributed by atoms with Gasteiger partial charge in [0, 0.05) is 12.4 Å². The van der Waals surface area contributed by atoms with Gasteiger partial charge in [0.25, 0.3) is 0 Å². The van der Waals surface area contributed by atoms with E-state index in [4.69, 9.17) is 0 Å². The molecule has 0 aliphatic rings. The third-order valence-electron chi connectivity index (χ3n) is 2.36. The van der Waals surface area contributed by atoms with E-state index in [2.05, 4.69) is 10.1 Å². The number of nitrogens with zero attached hydrogens (tertiary/aromatic N) is 3. The number of benzene rings is 1. The third kappa shape index (κ3) is 2.43. The predicted octanol–water partition coefficient (Wildman–Crippen LogP) is 1.68. The Morgan fingerprint density at radius 3 is 2.72 bits per heavy atom. The van der Waals surface area contributed by atoms with Gasteiger partial charge in [-0.2, -0.15) is 5.10 Å². The fourth-order valence-electron chi connectivity index (χ4n) is 1.42. The van der Waals surface area contributed by atoms with Gasteiger partial charge in [0.1, 0.15) is 0 Å². The Morgan fingerprint density at radius 1 is 1.28 bits per heavy atom. The zero-order valence-electron chi connectivity index (χ0n) is 10.0. The number of rotatable bonds is 2. The minimum Gasteiger partial charge on any atom is -0.504 e. The van der Waals surface area contributed by atoms with Crippen LogP contribution >= 0.6 is 11.3 Å². The molecule has 2 aromatic rings. The first-order chi connectivity index (χ1) is 8.61. The minimum atomic E-state index is -0.161. The van der Waals surface area contributed by atoms with Crippen LogP contribution in [0.2, 0.25) is 0 Å². The summed E-state index contributed by atoms with van der Waals surface area (Å²) in [6, 6.07) is 4.54. The predicted molar refractivity (Wildman–Crippen MR) is 71.3 cm³/mol. The topological polar surface area (TPSA) is 70.1 Å². The van der Waals surface area contributed by atoms with Gasteiger partial charge in [0.2, 0.25) is 4.80 Å². The van der Waals surface area contributed by atoms with Crippen LogP contribution in [0, 0.1) is 6.92 Å². The second-order valence-electron chi connectivity index (χ2n) is 3.69. The van der Waals surface area contributed by atoms with Crippen LogP contribution < -0.4 is 4.80 Å². The highest BCUT2D eigenvalue weighted by molar-refractivity contribution is 7.07. The largest absolute Gasteiger partial charge is 0.504 e. The van der Waals surface area contributed by atoms with Crippen LogP contribution in [-0.2, 0) is 0 Å². The Hall–Kier alpha value is -2.08. The molecule has 2 N–H and O–H groups in total. The SMILES string of the molecule is CN=c1scc(C)n1N=Cc1ccc(O)c(O)c1. The van der Waals surface area contributed by atoms with Gasteiger partial charge in [0.15, 0.2) is 11.5 Å². The molecule has 0 spiro atoms. The van der Waals surface area contributed by atoms with Crippen molar-refractivity contribution in [2.45, 2.75) is 6.92 Å². The molecule has 94 valence electrons. The van der Waals surface area contributed by atoms with Gasteiger partial charge in [-0.05, 0) is 30.7 Å². The number of phenolic OH excluding ortho intramolecular Hbond substituents is 2. The number of hydrogen-bond acceptors (Lipinski definition) is 5. The standard InChI is InChI=1S/C12H13N3O2S/c1-8-7-18-12(13-2)15(8)14-6-9-3-4-10(16)11(17)5-9/h3-7,16-17H,1-2H3. The molecule has 0 unspecified atom stereocenters. The second-order valence-corrected chi connectivity index (χ2v) is 4.52. The van der Waals surface area contributed by atoms with Crippen molar-refractivity contribution in [2.24, 2.45) is 10.1 Å². The van der Waals surface area contributed by atoms with Gasteiger partial charge in [-0.25, -0.2) is 4.68 Å². The van der Waals surface area contributed by atoms with Crippen LogP contribution in [0.1, 0.15) is 11.3 Å². The van der Waals surface area contributed by atoms with E-state index in [1.807, 2.05) is 12.3 Å². The van der Waals surface area contributed by atoms with Gasteiger partial charge in [-0.1, -0.05) is 0 Å². The number of aromatic nitrogens is 1. The zero-order chi connectivity index (χ0) is 13.1. The zero-order valence-corrected chi connectivity index (χ0v) is 10.8. The van der Waals surface area contributed by atoms with E-state index < -0.39 is 0 Å². The normalized spacial score (nSPS) is 12.4. The molecule has 1 aromatic carbocycles. The minimum absolute atomic E-state index is 0.143. The van der Waals surface area contributed by atoms with Crippen LogP contribution in [0.4, 0.5) is 0 Å². The Balaban J connectivity index is 2.36. The van der Waals surface area contributed by atoms with Crippen molar-refractivity contribution in [3.63, 3.8) is 0 Å². The molecular weight excluding hydrogens is 250 g/mol. The molecular formula is C12H13N3O2S. The van der Waals surface area contributed by atoms with Crippen molar-refractivity contribution in [3.05, 3.63) is 39.6 Å². The van der Waals surface area contributed by atoms with E-state index in [0.29, 0.717) is 5.56 Å². The van der Waals surface area contributed by atoms with Crippen molar-refractivity contribution >= 4 is 17.6 Å². The number of phenols is 2. The van der Waals surface area contributed by atoms with E-state index >= 15 is 0 Å². The average molecular weight is 263 g/mol. The lowest BCUT2D eigenvalue weighted by Gasteiger charge is -1.99. The summed E-state index contributed by atoms with van der Waals surface area (Å²) in [7, 11) is 1.71. The lowest BCUT2D eigenvalue weighted by Crippen LogP contribution is -2.11. The van der Waals surface area contributed by atoms with Crippen molar-refractivity contribution in [1.82, 2.24) is 4.68 Å².